The summed E-state index contributed by atoms with van der Waals surface area (Å²) in [5.41, 5.74) is 0.660. The van der Waals surface area contributed by atoms with E-state index in [4.69, 9.17) is 9.47 Å². The van der Waals surface area contributed by atoms with E-state index in [-0.39, 0.29) is 11.9 Å². The van der Waals surface area contributed by atoms with Gasteiger partial charge in [-0.2, -0.15) is 0 Å². The minimum absolute atomic E-state index is 0.0843. The lowest BCUT2D eigenvalue weighted by Gasteiger charge is -2.23. The van der Waals surface area contributed by atoms with Gasteiger partial charge in [-0.1, -0.05) is 56.5 Å². The summed E-state index contributed by atoms with van der Waals surface area (Å²) in [4.78, 5) is 24.6. The highest BCUT2D eigenvalue weighted by molar-refractivity contribution is 5.81. The van der Waals surface area contributed by atoms with Crippen molar-refractivity contribution in [3.63, 3.8) is 0 Å². The number of carbonyl (C=O) groups is 2. The lowest BCUT2D eigenvalue weighted by atomic mass is 9.89. The van der Waals surface area contributed by atoms with Gasteiger partial charge in [-0.25, -0.2) is 4.79 Å². The van der Waals surface area contributed by atoms with Gasteiger partial charge in [-0.15, -0.1) is 0 Å². The van der Waals surface area contributed by atoms with Gasteiger partial charge in [0.2, 0.25) is 6.10 Å². The molecule has 0 amide bonds. The minimum Gasteiger partial charge on any atom is -0.463 e. The molecule has 1 fully saturated rings. The van der Waals surface area contributed by atoms with Gasteiger partial charge >= 0.3 is 11.9 Å². The summed E-state index contributed by atoms with van der Waals surface area (Å²) in [5.74, 6) is -0.849. The van der Waals surface area contributed by atoms with Crippen LogP contribution in [0.15, 0.2) is 30.3 Å². The van der Waals surface area contributed by atoms with Crippen molar-refractivity contribution >= 4 is 11.9 Å². The molecular weight excluding hydrogens is 280 g/mol. The lowest BCUT2D eigenvalue weighted by molar-refractivity contribution is -0.171. The molecule has 1 aromatic rings. The van der Waals surface area contributed by atoms with E-state index in [1.54, 1.807) is 12.1 Å². The van der Waals surface area contributed by atoms with Crippen LogP contribution < -0.4 is 0 Å². The Kier molecular flexibility index (Phi) is 6.44. The van der Waals surface area contributed by atoms with E-state index in [0.717, 1.165) is 32.1 Å². The van der Waals surface area contributed by atoms with Crippen molar-refractivity contribution in [3.05, 3.63) is 35.9 Å². The number of hydrogen-bond donors (Lipinski definition) is 0. The molecule has 1 unspecified atom stereocenters. The third kappa shape index (κ3) is 4.58. The van der Waals surface area contributed by atoms with E-state index in [1.165, 1.54) is 6.42 Å². The summed E-state index contributed by atoms with van der Waals surface area (Å²) in [5, 5.41) is 0. The fourth-order valence-corrected chi connectivity index (χ4v) is 2.71. The summed E-state index contributed by atoms with van der Waals surface area (Å²) in [6.07, 6.45) is 4.76. The van der Waals surface area contributed by atoms with Crippen molar-refractivity contribution in [2.75, 3.05) is 6.61 Å². The molecule has 1 aromatic carbocycles. The predicted molar refractivity (Wildman–Crippen MR) is 83.1 cm³/mol. The zero-order chi connectivity index (χ0) is 15.8. The number of esters is 2. The van der Waals surface area contributed by atoms with Gasteiger partial charge in [-0.05, 0) is 19.3 Å². The molecule has 4 nitrogen and oxygen atoms in total. The van der Waals surface area contributed by atoms with E-state index < -0.39 is 12.1 Å². The molecule has 120 valence electrons. The molecule has 0 saturated heterocycles. The Labute approximate surface area is 131 Å². The van der Waals surface area contributed by atoms with E-state index in [1.807, 2.05) is 25.1 Å². The molecule has 2 rings (SSSR count). The van der Waals surface area contributed by atoms with Crippen molar-refractivity contribution in [3.8, 4) is 0 Å². The van der Waals surface area contributed by atoms with Crippen molar-refractivity contribution in [2.24, 2.45) is 5.92 Å². The van der Waals surface area contributed by atoms with Crippen molar-refractivity contribution in [2.45, 2.75) is 51.6 Å². The van der Waals surface area contributed by atoms with Gasteiger partial charge in [-0.3, -0.25) is 4.79 Å². The van der Waals surface area contributed by atoms with E-state index in [0.29, 0.717) is 12.2 Å². The van der Waals surface area contributed by atoms with Crippen LogP contribution in [0.5, 0.6) is 0 Å². The number of ether oxygens (including phenoxy) is 2. The summed E-state index contributed by atoms with van der Waals surface area (Å²) in [6.45, 7) is 2.27. The lowest BCUT2D eigenvalue weighted by Crippen LogP contribution is -2.27. The molecule has 0 heterocycles. The van der Waals surface area contributed by atoms with Crippen LogP contribution in [0.3, 0.4) is 0 Å². The molecular formula is C18H24O4. The first-order chi connectivity index (χ1) is 10.7. The maximum absolute atomic E-state index is 12.3. The van der Waals surface area contributed by atoms with E-state index in [2.05, 4.69) is 0 Å². The molecule has 1 atom stereocenters. The molecule has 0 N–H and O–H groups in total. The third-order valence-corrected chi connectivity index (χ3v) is 3.94. The van der Waals surface area contributed by atoms with Crippen molar-refractivity contribution in [1.29, 1.82) is 0 Å². The minimum atomic E-state index is -0.956. The molecule has 1 saturated carbocycles. The maximum Gasteiger partial charge on any atom is 0.352 e. The first-order valence-electron chi connectivity index (χ1n) is 8.14. The number of benzene rings is 1. The van der Waals surface area contributed by atoms with Crippen LogP contribution in [-0.2, 0) is 19.1 Å². The monoisotopic (exact) mass is 304 g/mol. The molecule has 0 radical (unpaired) electrons. The summed E-state index contributed by atoms with van der Waals surface area (Å²) in [6, 6.07) is 9.08. The Balaban J connectivity index is 2.06. The number of rotatable bonds is 6. The topological polar surface area (TPSA) is 52.6 Å². The fraction of sp³-hybridized carbons (Fsp3) is 0.556. The average Bonchev–Trinajstić information content (AvgIpc) is 2.59. The molecule has 0 spiro atoms. The highest BCUT2D eigenvalue weighted by Gasteiger charge is 2.30. The standard InChI is InChI=1S/C18H24O4/c1-2-13-21-18(20)16(14-9-5-3-6-10-14)22-17(19)15-11-7-4-8-12-15/h3,5-6,9-10,15-16H,2,4,7-8,11-13H2,1H3. The first-order valence-corrected chi connectivity index (χ1v) is 8.14. The van der Waals surface area contributed by atoms with Crippen LogP contribution in [-0.4, -0.2) is 18.5 Å². The molecule has 0 aromatic heterocycles. The van der Waals surface area contributed by atoms with Gasteiger partial charge in [0.05, 0.1) is 12.5 Å². The SMILES string of the molecule is CCCOC(=O)C(OC(=O)C1CCCCC1)c1ccccc1. The van der Waals surface area contributed by atoms with Crippen molar-refractivity contribution in [1.82, 2.24) is 0 Å². The molecule has 4 heteroatoms. The Hall–Kier alpha value is -1.84. The summed E-state index contributed by atoms with van der Waals surface area (Å²) in [7, 11) is 0. The van der Waals surface area contributed by atoms with Gasteiger partial charge in [0, 0.05) is 5.56 Å². The molecule has 0 bridgehead atoms. The van der Waals surface area contributed by atoms with E-state index >= 15 is 0 Å². The average molecular weight is 304 g/mol. The number of carbonyl (C=O) groups excluding carboxylic acids is 2. The predicted octanol–water partition coefficient (Wildman–Crippen LogP) is 3.80. The molecule has 22 heavy (non-hydrogen) atoms. The Bertz CT molecular complexity index is 477. The normalized spacial score (nSPS) is 16.8. The van der Waals surface area contributed by atoms with Gasteiger partial charge in [0.25, 0.3) is 0 Å². The first kappa shape index (κ1) is 16.5. The van der Waals surface area contributed by atoms with Crippen LogP contribution >= 0.6 is 0 Å². The molecule has 1 aliphatic rings. The van der Waals surface area contributed by atoms with Crippen LogP contribution in [0.25, 0.3) is 0 Å². The fourth-order valence-electron chi connectivity index (χ4n) is 2.71. The zero-order valence-corrected chi connectivity index (χ0v) is 13.1. The highest BCUT2D eigenvalue weighted by Crippen LogP contribution is 2.28. The Morgan fingerprint density at radius 2 is 1.82 bits per heavy atom. The second kappa shape index (κ2) is 8.57. The zero-order valence-electron chi connectivity index (χ0n) is 13.1. The largest absolute Gasteiger partial charge is 0.463 e. The quantitative estimate of drug-likeness (QED) is 0.750. The van der Waals surface area contributed by atoms with Crippen LogP contribution in [0, 0.1) is 5.92 Å². The maximum atomic E-state index is 12.3. The number of hydrogen-bond acceptors (Lipinski definition) is 4. The summed E-state index contributed by atoms with van der Waals surface area (Å²) >= 11 is 0. The van der Waals surface area contributed by atoms with Gasteiger partial charge in [0.15, 0.2) is 0 Å². The molecule has 1 aliphatic carbocycles. The van der Waals surface area contributed by atoms with Gasteiger partial charge < -0.3 is 9.47 Å². The highest BCUT2D eigenvalue weighted by atomic mass is 16.6. The van der Waals surface area contributed by atoms with Crippen LogP contribution in [0.1, 0.15) is 57.1 Å². The van der Waals surface area contributed by atoms with Crippen LogP contribution in [0.2, 0.25) is 0 Å². The Morgan fingerprint density at radius 1 is 1.14 bits per heavy atom. The van der Waals surface area contributed by atoms with Gasteiger partial charge in [0.1, 0.15) is 0 Å². The second-order valence-electron chi connectivity index (χ2n) is 5.73. The van der Waals surface area contributed by atoms with Crippen molar-refractivity contribution < 1.29 is 19.1 Å². The Morgan fingerprint density at radius 3 is 2.45 bits per heavy atom. The second-order valence-corrected chi connectivity index (χ2v) is 5.73. The smallest absolute Gasteiger partial charge is 0.352 e. The van der Waals surface area contributed by atoms with E-state index in [9.17, 15) is 9.59 Å². The summed E-state index contributed by atoms with van der Waals surface area (Å²) < 4.78 is 10.7. The van der Waals surface area contributed by atoms with Crippen LogP contribution in [0.4, 0.5) is 0 Å². The molecule has 0 aliphatic heterocycles. The third-order valence-electron chi connectivity index (χ3n) is 3.94.